The molecule has 1 aliphatic heterocycles. The van der Waals surface area contributed by atoms with Crippen LogP contribution in [-0.4, -0.2) is 32.2 Å². The largest absolute Gasteiger partial charge is 0.337 e. The van der Waals surface area contributed by atoms with Crippen molar-refractivity contribution < 1.29 is 4.79 Å². The number of aryl methyl sites for hydroxylation is 1. The number of rotatable bonds is 3. The average molecular weight is 307 g/mol. The van der Waals surface area contributed by atoms with Crippen molar-refractivity contribution in [2.45, 2.75) is 30.3 Å². The summed E-state index contributed by atoms with van der Waals surface area (Å²) in [6.45, 7) is 3.55. The third-order valence-corrected chi connectivity index (χ3v) is 5.71. The highest BCUT2D eigenvalue weighted by Crippen LogP contribution is 2.27. The first-order chi connectivity index (χ1) is 9.65. The van der Waals surface area contributed by atoms with E-state index >= 15 is 0 Å². The Morgan fingerprint density at radius 3 is 3.15 bits per heavy atom. The SMILES string of the molecule is CC(Sc1nccn1C)C(=O)N1CCc2sccc2C1. The van der Waals surface area contributed by atoms with Gasteiger partial charge in [0.25, 0.3) is 0 Å². The van der Waals surface area contributed by atoms with Crippen LogP contribution in [0.1, 0.15) is 17.4 Å². The fraction of sp³-hybridized carbons (Fsp3) is 0.429. The van der Waals surface area contributed by atoms with Gasteiger partial charge in [-0.1, -0.05) is 11.8 Å². The zero-order valence-electron chi connectivity index (χ0n) is 11.6. The van der Waals surface area contributed by atoms with Crippen molar-refractivity contribution in [3.05, 3.63) is 34.3 Å². The number of amides is 1. The molecule has 0 bridgehead atoms. The molecule has 2 aromatic heterocycles. The average Bonchev–Trinajstić information content (AvgIpc) is 3.06. The maximum Gasteiger partial charge on any atom is 0.236 e. The molecule has 6 heteroatoms. The predicted octanol–water partition coefficient (Wildman–Crippen LogP) is 2.55. The van der Waals surface area contributed by atoms with E-state index in [1.807, 2.05) is 29.6 Å². The molecule has 0 aromatic carbocycles. The number of carbonyl (C=O) groups is 1. The number of thiophene rings is 1. The molecule has 2 aromatic rings. The molecule has 20 heavy (non-hydrogen) atoms. The molecule has 0 saturated carbocycles. The highest BCUT2D eigenvalue weighted by Gasteiger charge is 2.26. The fourth-order valence-corrected chi connectivity index (χ4v) is 4.17. The maximum atomic E-state index is 12.5. The first kappa shape index (κ1) is 13.7. The minimum absolute atomic E-state index is 0.101. The van der Waals surface area contributed by atoms with Crippen LogP contribution in [0.2, 0.25) is 0 Å². The fourth-order valence-electron chi connectivity index (χ4n) is 2.37. The van der Waals surface area contributed by atoms with E-state index in [9.17, 15) is 4.79 Å². The van der Waals surface area contributed by atoms with Crippen molar-refractivity contribution in [3.63, 3.8) is 0 Å². The molecule has 4 nitrogen and oxygen atoms in total. The minimum atomic E-state index is -0.101. The van der Waals surface area contributed by atoms with Gasteiger partial charge in [-0.25, -0.2) is 4.98 Å². The number of carbonyl (C=O) groups excluding carboxylic acids is 1. The molecule has 0 fully saturated rings. The number of aromatic nitrogens is 2. The van der Waals surface area contributed by atoms with E-state index < -0.39 is 0 Å². The van der Waals surface area contributed by atoms with Crippen LogP contribution >= 0.6 is 23.1 Å². The molecule has 3 heterocycles. The van der Waals surface area contributed by atoms with Gasteiger partial charge in [-0.2, -0.15) is 0 Å². The van der Waals surface area contributed by atoms with E-state index in [2.05, 4.69) is 16.4 Å². The lowest BCUT2D eigenvalue weighted by Gasteiger charge is -2.29. The van der Waals surface area contributed by atoms with Crippen LogP contribution in [-0.2, 0) is 24.8 Å². The Balaban J connectivity index is 1.66. The van der Waals surface area contributed by atoms with E-state index in [1.165, 1.54) is 22.2 Å². The zero-order valence-corrected chi connectivity index (χ0v) is 13.2. The summed E-state index contributed by atoms with van der Waals surface area (Å²) in [5, 5.41) is 2.90. The van der Waals surface area contributed by atoms with Gasteiger partial charge in [-0.3, -0.25) is 4.79 Å². The third kappa shape index (κ3) is 2.62. The van der Waals surface area contributed by atoms with E-state index in [-0.39, 0.29) is 11.2 Å². The van der Waals surface area contributed by atoms with E-state index in [0.717, 1.165) is 24.7 Å². The summed E-state index contributed by atoms with van der Waals surface area (Å²) in [6.07, 6.45) is 4.65. The number of hydrogen-bond acceptors (Lipinski definition) is 4. The van der Waals surface area contributed by atoms with Crippen molar-refractivity contribution >= 4 is 29.0 Å². The molecule has 3 rings (SSSR count). The van der Waals surface area contributed by atoms with E-state index in [1.54, 1.807) is 17.5 Å². The molecule has 0 spiro atoms. The topological polar surface area (TPSA) is 38.1 Å². The molecular formula is C14H17N3OS2. The van der Waals surface area contributed by atoms with Crippen molar-refractivity contribution in [3.8, 4) is 0 Å². The number of nitrogens with zero attached hydrogens (tertiary/aromatic N) is 3. The van der Waals surface area contributed by atoms with Crippen LogP contribution in [0.3, 0.4) is 0 Å². The zero-order chi connectivity index (χ0) is 14.1. The molecule has 0 radical (unpaired) electrons. The van der Waals surface area contributed by atoms with Crippen LogP contribution in [0.5, 0.6) is 0 Å². The Bertz CT molecular complexity index is 619. The summed E-state index contributed by atoms with van der Waals surface area (Å²) in [5.74, 6) is 0.204. The smallest absolute Gasteiger partial charge is 0.236 e. The number of hydrogen-bond donors (Lipinski definition) is 0. The first-order valence-electron chi connectivity index (χ1n) is 6.63. The monoisotopic (exact) mass is 307 g/mol. The molecule has 1 aliphatic rings. The van der Waals surface area contributed by atoms with Crippen LogP contribution in [0.25, 0.3) is 0 Å². The van der Waals surface area contributed by atoms with Crippen LogP contribution in [0.15, 0.2) is 29.0 Å². The summed E-state index contributed by atoms with van der Waals surface area (Å²) >= 11 is 3.32. The van der Waals surface area contributed by atoms with Gasteiger partial charge in [-0.15, -0.1) is 11.3 Å². The highest BCUT2D eigenvalue weighted by atomic mass is 32.2. The van der Waals surface area contributed by atoms with Gasteiger partial charge in [0, 0.05) is 37.4 Å². The lowest BCUT2D eigenvalue weighted by Crippen LogP contribution is -2.39. The molecule has 0 aliphatic carbocycles. The number of imidazole rings is 1. The van der Waals surface area contributed by atoms with Gasteiger partial charge in [0.05, 0.1) is 5.25 Å². The molecule has 0 saturated heterocycles. The highest BCUT2D eigenvalue weighted by molar-refractivity contribution is 8.00. The second-order valence-corrected chi connectivity index (χ2v) is 7.27. The lowest BCUT2D eigenvalue weighted by molar-refractivity contribution is -0.131. The predicted molar refractivity (Wildman–Crippen MR) is 82.0 cm³/mol. The summed E-state index contributed by atoms with van der Waals surface area (Å²) in [5.41, 5.74) is 1.31. The van der Waals surface area contributed by atoms with Crippen LogP contribution < -0.4 is 0 Å². The quantitative estimate of drug-likeness (QED) is 0.818. The summed E-state index contributed by atoms with van der Waals surface area (Å²) in [4.78, 5) is 20.2. The molecule has 0 N–H and O–H groups in total. The van der Waals surface area contributed by atoms with Crippen molar-refractivity contribution in [1.82, 2.24) is 14.5 Å². The second-order valence-electron chi connectivity index (χ2n) is 4.96. The Morgan fingerprint density at radius 1 is 1.55 bits per heavy atom. The molecular weight excluding hydrogens is 290 g/mol. The first-order valence-corrected chi connectivity index (χ1v) is 8.39. The maximum absolute atomic E-state index is 12.5. The Kier molecular flexibility index (Phi) is 3.85. The van der Waals surface area contributed by atoms with Gasteiger partial charge in [-0.05, 0) is 30.4 Å². The standard InChI is InChI=1S/C14H17N3OS2/c1-10(20-14-15-5-7-16(14)2)13(18)17-6-3-12-11(9-17)4-8-19-12/h4-5,7-8,10H,3,6,9H2,1-2H3. The van der Waals surface area contributed by atoms with Gasteiger partial charge in [0.1, 0.15) is 0 Å². The molecule has 1 atom stereocenters. The minimum Gasteiger partial charge on any atom is -0.337 e. The summed E-state index contributed by atoms with van der Waals surface area (Å²) in [6, 6.07) is 2.13. The van der Waals surface area contributed by atoms with E-state index in [4.69, 9.17) is 0 Å². The van der Waals surface area contributed by atoms with Gasteiger partial charge in [0.2, 0.25) is 5.91 Å². The summed E-state index contributed by atoms with van der Waals surface area (Å²) in [7, 11) is 1.95. The van der Waals surface area contributed by atoms with Crippen LogP contribution in [0.4, 0.5) is 0 Å². The van der Waals surface area contributed by atoms with E-state index in [0.29, 0.717) is 0 Å². The van der Waals surface area contributed by atoms with Gasteiger partial charge < -0.3 is 9.47 Å². The Labute approximate surface area is 126 Å². The Morgan fingerprint density at radius 2 is 2.40 bits per heavy atom. The van der Waals surface area contributed by atoms with Crippen molar-refractivity contribution in [2.24, 2.45) is 7.05 Å². The van der Waals surface area contributed by atoms with Gasteiger partial charge in [0.15, 0.2) is 5.16 Å². The van der Waals surface area contributed by atoms with Crippen LogP contribution in [0, 0.1) is 0 Å². The Hall–Kier alpha value is -1.27. The molecule has 1 unspecified atom stereocenters. The molecule has 1 amide bonds. The molecule has 106 valence electrons. The van der Waals surface area contributed by atoms with Crippen molar-refractivity contribution in [2.75, 3.05) is 6.54 Å². The number of thioether (sulfide) groups is 1. The normalized spacial score (nSPS) is 16.0. The van der Waals surface area contributed by atoms with Crippen molar-refractivity contribution in [1.29, 1.82) is 0 Å². The lowest BCUT2D eigenvalue weighted by atomic mass is 10.1. The second kappa shape index (κ2) is 5.61. The third-order valence-electron chi connectivity index (χ3n) is 3.53. The summed E-state index contributed by atoms with van der Waals surface area (Å²) < 4.78 is 1.95. The number of fused-ring (bicyclic) bond motifs is 1. The van der Waals surface area contributed by atoms with Gasteiger partial charge >= 0.3 is 0 Å².